The summed E-state index contributed by atoms with van der Waals surface area (Å²) >= 11 is 0. The van der Waals surface area contributed by atoms with Crippen LogP contribution in [-0.2, 0) is 6.42 Å². The summed E-state index contributed by atoms with van der Waals surface area (Å²) in [6, 6.07) is 20.4. The third kappa shape index (κ3) is 5.14. The van der Waals surface area contributed by atoms with Crippen molar-refractivity contribution in [3.05, 3.63) is 66.2 Å². The maximum absolute atomic E-state index is 6.06. The maximum Gasteiger partial charge on any atom is 0.119 e. The fraction of sp³-hybridized carbons (Fsp3) is 0.294. The molecule has 2 heteroatoms. The fourth-order valence-corrected chi connectivity index (χ4v) is 2.02. The number of hydrogen-bond donors (Lipinski definition) is 1. The monoisotopic (exact) mass is 255 g/mol. The Kier molecular flexibility index (Phi) is 5.45. The third-order valence-corrected chi connectivity index (χ3v) is 3.09. The Labute approximate surface area is 115 Å². The molecule has 0 aliphatic carbocycles. The number of nitrogens with two attached hydrogens (primary N) is 1. The Morgan fingerprint density at radius 1 is 0.895 bits per heavy atom. The molecule has 2 aromatic rings. The van der Waals surface area contributed by atoms with E-state index in [1.165, 1.54) is 5.56 Å². The molecule has 2 N–H and O–H groups in total. The van der Waals surface area contributed by atoms with Crippen molar-refractivity contribution in [2.24, 2.45) is 5.73 Å². The molecule has 100 valence electrons. The summed E-state index contributed by atoms with van der Waals surface area (Å²) in [6.45, 7) is 0.582. The highest BCUT2D eigenvalue weighted by molar-refractivity contribution is 5.21. The van der Waals surface area contributed by atoms with E-state index in [9.17, 15) is 0 Å². The SMILES string of the molecule is NC(CCCc1ccccc1)COc1ccccc1. The Balaban J connectivity index is 1.64. The van der Waals surface area contributed by atoms with Crippen molar-refractivity contribution >= 4 is 0 Å². The summed E-state index contributed by atoms with van der Waals surface area (Å²) in [4.78, 5) is 0. The fourth-order valence-electron chi connectivity index (χ4n) is 2.02. The molecule has 0 heterocycles. The lowest BCUT2D eigenvalue weighted by Crippen LogP contribution is -2.27. The summed E-state index contributed by atoms with van der Waals surface area (Å²) in [7, 11) is 0. The van der Waals surface area contributed by atoms with E-state index in [2.05, 4.69) is 24.3 Å². The molecule has 0 bridgehead atoms. The number of benzene rings is 2. The van der Waals surface area contributed by atoms with Gasteiger partial charge in [-0.3, -0.25) is 0 Å². The average molecular weight is 255 g/mol. The number of rotatable bonds is 7. The van der Waals surface area contributed by atoms with Crippen molar-refractivity contribution in [3.63, 3.8) is 0 Å². The molecule has 1 atom stereocenters. The zero-order valence-electron chi connectivity index (χ0n) is 11.2. The van der Waals surface area contributed by atoms with Crippen molar-refractivity contribution in [1.29, 1.82) is 0 Å². The molecule has 0 radical (unpaired) electrons. The molecule has 0 saturated carbocycles. The Morgan fingerprint density at radius 2 is 1.53 bits per heavy atom. The van der Waals surface area contributed by atoms with Crippen LogP contribution in [0.4, 0.5) is 0 Å². The normalized spacial score (nSPS) is 12.1. The number of hydrogen-bond acceptors (Lipinski definition) is 2. The van der Waals surface area contributed by atoms with Crippen LogP contribution in [0.1, 0.15) is 18.4 Å². The first kappa shape index (κ1) is 13.6. The first-order valence-corrected chi connectivity index (χ1v) is 6.82. The standard InChI is InChI=1S/C17H21NO/c18-16(14-19-17-12-5-2-6-13-17)11-7-10-15-8-3-1-4-9-15/h1-6,8-9,12-13,16H,7,10-11,14,18H2. The second kappa shape index (κ2) is 7.59. The first-order chi connectivity index (χ1) is 9.34. The van der Waals surface area contributed by atoms with Crippen LogP contribution in [0, 0.1) is 0 Å². The smallest absolute Gasteiger partial charge is 0.119 e. The Bertz CT molecular complexity index is 455. The van der Waals surface area contributed by atoms with Gasteiger partial charge < -0.3 is 10.5 Å². The molecule has 0 aromatic heterocycles. The van der Waals surface area contributed by atoms with Crippen LogP contribution in [0.2, 0.25) is 0 Å². The zero-order chi connectivity index (χ0) is 13.3. The van der Waals surface area contributed by atoms with Crippen LogP contribution < -0.4 is 10.5 Å². The molecule has 0 saturated heterocycles. The highest BCUT2D eigenvalue weighted by atomic mass is 16.5. The third-order valence-electron chi connectivity index (χ3n) is 3.09. The highest BCUT2D eigenvalue weighted by Crippen LogP contribution is 2.10. The Morgan fingerprint density at radius 3 is 2.21 bits per heavy atom. The highest BCUT2D eigenvalue weighted by Gasteiger charge is 2.03. The van der Waals surface area contributed by atoms with Gasteiger partial charge in [-0.15, -0.1) is 0 Å². The van der Waals surface area contributed by atoms with Gasteiger partial charge in [0.15, 0.2) is 0 Å². The predicted molar refractivity (Wildman–Crippen MR) is 79.3 cm³/mol. The van der Waals surface area contributed by atoms with Crippen LogP contribution in [0.3, 0.4) is 0 Å². The topological polar surface area (TPSA) is 35.2 Å². The van der Waals surface area contributed by atoms with Gasteiger partial charge in [-0.05, 0) is 37.0 Å². The molecule has 2 aromatic carbocycles. The molecule has 2 nitrogen and oxygen atoms in total. The second-order valence-corrected chi connectivity index (χ2v) is 4.76. The molecule has 0 spiro atoms. The van der Waals surface area contributed by atoms with Crippen LogP contribution in [0.15, 0.2) is 60.7 Å². The molecule has 0 aliphatic rings. The van der Waals surface area contributed by atoms with Crippen molar-refractivity contribution in [2.45, 2.75) is 25.3 Å². The van der Waals surface area contributed by atoms with Gasteiger partial charge in [0.1, 0.15) is 12.4 Å². The second-order valence-electron chi connectivity index (χ2n) is 4.76. The molecule has 0 amide bonds. The van der Waals surface area contributed by atoms with E-state index in [1.807, 2.05) is 36.4 Å². The van der Waals surface area contributed by atoms with Crippen LogP contribution in [0.5, 0.6) is 5.75 Å². The van der Waals surface area contributed by atoms with E-state index >= 15 is 0 Å². The van der Waals surface area contributed by atoms with E-state index in [-0.39, 0.29) is 6.04 Å². The van der Waals surface area contributed by atoms with Crippen molar-refractivity contribution in [3.8, 4) is 5.75 Å². The molecule has 0 fully saturated rings. The van der Waals surface area contributed by atoms with Crippen LogP contribution in [-0.4, -0.2) is 12.6 Å². The summed E-state index contributed by atoms with van der Waals surface area (Å²) < 4.78 is 5.65. The average Bonchev–Trinajstić information content (AvgIpc) is 2.47. The quantitative estimate of drug-likeness (QED) is 0.822. The van der Waals surface area contributed by atoms with E-state index in [4.69, 9.17) is 10.5 Å². The van der Waals surface area contributed by atoms with E-state index in [0.29, 0.717) is 6.61 Å². The minimum Gasteiger partial charge on any atom is -0.492 e. The molecule has 2 rings (SSSR count). The molecule has 19 heavy (non-hydrogen) atoms. The van der Waals surface area contributed by atoms with Crippen molar-refractivity contribution < 1.29 is 4.74 Å². The van der Waals surface area contributed by atoms with Gasteiger partial charge in [0, 0.05) is 6.04 Å². The number of para-hydroxylation sites is 1. The van der Waals surface area contributed by atoms with Crippen molar-refractivity contribution in [1.82, 2.24) is 0 Å². The minimum atomic E-state index is 0.101. The minimum absolute atomic E-state index is 0.101. The van der Waals surface area contributed by atoms with Gasteiger partial charge in [-0.25, -0.2) is 0 Å². The molecular weight excluding hydrogens is 234 g/mol. The summed E-state index contributed by atoms with van der Waals surface area (Å²) in [5, 5.41) is 0. The van der Waals surface area contributed by atoms with Gasteiger partial charge in [0.2, 0.25) is 0 Å². The van der Waals surface area contributed by atoms with Gasteiger partial charge in [0.25, 0.3) is 0 Å². The lowest BCUT2D eigenvalue weighted by Gasteiger charge is -2.13. The lowest BCUT2D eigenvalue weighted by molar-refractivity contribution is 0.280. The molecule has 0 aliphatic heterocycles. The van der Waals surface area contributed by atoms with Gasteiger partial charge in [-0.1, -0.05) is 48.5 Å². The van der Waals surface area contributed by atoms with Crippen LogP contribution in [0.25, 0.3) is 0 Å². The Hall–Kier alpha value is -1.80. The van der Waals surface area contributed by atoms with E-state index in [1.54, 1.807) is 0 Å². The van der Waals surface area contributed by atoms with E-state index in [0.717, 1.165) is 25.0 Å². The molecular formula is C17H21NO. The summed E-state index contributed by atoms with van der Waals surface area (Å²) in [5.41, 5.74) is 7.43. The lowest BCUT2D eigenvalue weighted by atomic mass is 10.1. The zero-order valence-corrected chi connectivity index (χ0v) is 11.2. The first-order valence-electron chi connectivity index (χ1n) is 6.82. The number of ether oxygens (including phenoxy) is 1. The summed E-state index contributed by atoms with van der Waals surface area (Å²) in [5.74, 6) is 0.890. The van der Waals surface area contributed by atoms with Gasteiger partial charge in [0.05, 0.1) is 0 Å². The van der Waals surface area contributed by atoms with Gasteiger partial charge >= 0.3 is 0 Å². The van der Waals surface area contributed by atoms with Crippen molar-refractivity contribution in [2.75, 3.05) is 6.61 Å². The van der Waals surface area contributed by atoms with Gasteiger partial charge in [-0.2, -0.15) is 0 Å². The maximum atomic E-state index is 6.06. The number of aryl methyl sites for hydroxylation is 1. The molecule has 1 unspecified atom stereocenters. The largest absolute Gasteiger partial charge is 0.492 e. The van der Waals surface area contributed by atoms with Crippen LogP contribution >= 0.6 is 0 Å². The summed E-state index contributed by atoms with van der Waals surface area (Å²) in [6.07, 6.45) is 3.17. The van der Waals surface area contributed by atoms with E-state index < -0.39 is 0 Å². The predicted octanol–water partition coefficient (Wildman–Crippen LogP) is 3.42.